The number of aliphatic hydroxyl groups excluding tert-OH is 3. The molecule has 1 fully saturated rings. The molecule has 0 radical (unpaired) electrons. The highest BCUT2D eigenvalue weighted by molar-refractivity contribution is 5.35. The molecule has 5 heteroatoms. The van der Waals surface area contributed by atoms with Crippen molar-refractivity contribution in [3.8, 4) is 5.75 Å². The summed E-state index contributed by atoms with van der Waals surface area (Å²) < 4.78 is 12.0. The smallest absolute Gasteiger partial charge is 0.239 e. The van der Waals surface area contributed by atoms with Crippen LogP contribution in [0.5, 0.6) is 5.75 Å². The zero-order chi connectivity index (χ0) is 14.9. The van der Waals surface area contributed by atoms with Crippen LogP contribution in [0.25, 0.3) is 0 Å². The van der Waals surface area contributed by atoms with Gasteiger partial charge in [-0.15, -0.1) is 0 Å². The van der Waals surface area contributed by atoms with Gasteiger partial charge >= 0.3 is 0 Å². The maximum Gasteiger partial charge on any atom is 0.239 e. The number of para-hydroxylation sites is 1. The lowest BCUT2D eigenvalue weighted by Crippen LogP contribution is -2.61. The third kappa shape index (κ3) is 2.79. The van der Waals surface area contributed by atoms with Gasteiger partial charge in [-0.25, -0.2) is 0 Å². The van der Waals surface area contributed by atoms with Gasteiger partial charge in [-0.2, -0.15) is 0 Å². The number of ether oxygens (including phenoxy) is 2. The summed E-state index contributed by atoms with van der Waals surface area (Å²) in [5, 5.41) is 29.7. The number of benzene rings is 1. The van der Waals surface area contributed by atoms with Crippen molar-refractivity contribution in [3.05, 3.63) is 29.8 Å². The zero-order valence-electron chi connectivity index (χ0n) is 11.9. The molecule has 5 nitrogen and oxygen atoms in total. The molecule has 1 aromatic rings. The third-order valence-corrected chi connectivity index (χ3v) is 4.36. The summed E-state index contributed by atoms with van der Waals surface area (Å²) in [6, 6.07) is 7.71. The average Bonchev–Trinajstić information content (AvgIpc) is 2.65. The Morgan fingerprint density at radius 3 is 2.86 bits per heavy atom. The molecule has 2 heterocycles. The van der Waals surface area contributed by atoms with Crippen LogP contribution in [-0.4, -0.2) is 46.0 Å². The molecular weight excluding hydrogens is 272 g/mol. The standard InChI is InChI=1S/C16H22O5/c17-9-7-12-10-13(18)15(19)16(20-12)8-3-5-11-4-1-2-6-14(11)21-16/h1-2,4,6,12-13,15,17-19H,3,5,7-10H2/t12?,13?,15?,16-/m1/s1. The number of hydrogen-bond donors (Lipinski definition) is 3. The van der Waals surface area contributed by atoms with Crippen molar-refractivity contribution in [3.63, 3.8) is 0 Å². The van der Waals surface area contributed by atoms with E-state index < -0.39 is 18.0 Å². The van der Waals surface area contributed by atoms with Gasteiger partial charge < -0.3 is 24.8 Å². The van der Waals surface area contributed by atoms with Crippen LogP contribution < -0.4 is 4.74 Å². The summed E-state index contributed by atoms with van der Waals surface area (Å²) >= 11 is 0. The van der Waals surface area contributed by atoms with Crippen molar-refractivity contribution in [1.29, 1.82) is 0 Å². The topological polar surface area (TPSA) is 79.2 Å². The molecule has 3 unspecified atom stereocenters. The van der Waals surface area contributed by atoms with Gasteiger partial charge in [0.25, 0.3) is 0 Å². The fourth-order valence-corrected chi connectivity index (χ4v) is 3.28. The lowest BCUT2D eigenvalue weighted by Gasteiger charge is -2.46. The van der Waals surface area contributed by atoms with Crippen LogP contribution in [0.4, 0.5) is 0 Å². The van der Waals surface area contributed by atoms with Crippen LogP contribution in [0.15, 0.2) is 24.3 Å². The maximum atomic E-state index is 10.4. The van der Waals surface area contributed by atoms with E-state index >= 15 is 0 Å². The monoisotopic (exact) mass is 294 g/mol. The van der Waals surface area contributed by atoms with Gasteiger partial charge in [-0.05, 0) is 30.9 Å². The Bertz CT molecular complexity index is 491. The normalized spacial score (nSPS) is 35.9. The molecule has 4 atom stereocenters. The van der Waals surface area contributed by atoms with Crippen molar-refractivity contribution in [2.45, 2.75) is 56.2 Å². The number of fused-ring (bicyclic) bond motifs is 1. The minimum Gasteiger partial charge on any atom is -0.459 e. The highest BCUT2D eigenvalue weighted by Crippen LogP contribution is 2.40. The van der Waals surface area contributed by atoms with E-state index in [1.54, 1.807) is 0 Å². The van der Waals surface area contributed by atoms with E-state index in [-0.39, 0.29) is 12.7 Å². The van der Waals surface area contributed by atoms with Crippen LogP contribution in [0.1, 0.15) is 31.2 Å². The minimum absolute atomic E-state index is 0.0137. The molecule has 2 aliphatic heterocycles. The van der Waals surface area contributed by atoms with E-state index in [1.165, 1.54) is 0 Å². The van der Waals surface area contributed by atoms with Crippen LogP contribution in [0, 0.1) is 0 Å². The molecule has 3 rings (SSSR count). The lowest BCUT2D eigenvalue weighted by atomic mass is 9.90. The summed E-state index contributed by atoms with van der Waals surface area (Å²) in [5.41, 5.74) is 1.09. The van der Waals surface area contributed by atoms with Crippen LogP contribution >= 0.6 is 0 Å². The first-order chi connectivity index (χ1) is 10.1. The molecule has 0 aliphatic carbocycles. The molecule has 1 spiro atoms. The van der Waals surface area contributed by atoms with Crippen LogP contribution in [0.2, 0.25) is 0 Å². The largest absolute Gasteiger partial charge is 0.459 e. The maximum absolute atomic E-state index is 10.4. The Balaban J connectivity index is 1.90. The summed E-state index contributed by atoms with van der Waals surface area (Å²) in [7, 11) is 0. The summed E-state index contributed by atoms with van der Waals surface area (Å²) in [5.74, 6) is -0.518. The minimum atomic E-state index is -1.22. The Morgan fingerprint density at radius 2 is 2.05 bits per heavy atom. The number of aliphatic hydroxyl groups is 3. The van der Waals surface area contributed by atoms with Gasteiger partial charge in [0.05, 0.1) is 12.2 Å². The molecule has 0 aromatic heterocycles. The first kappa shape index (κ1) is 14.8. The molecule has 0 amide bonds. The van der Waals surface area contributed by atoms with Gasteiger partial charge in [0.2, 0.25) is 5.79 Å². The number of aryl methyl sites for hydroxylation is 1. The molecule has 116 valence electrons. The summed E-state index contributed by atoms with van der Waals surface area (Å²) in [6.45, 7) is -0.0137. The Morgan fingerprint density at radius 1 is 1.24 bits per heavy atom. The lowest BCUT2D eigenvalue weighted by molar-refractivity contribution is -0.311. The van der Waals surface area contributed by atoms with Crippen molar-refractivity contribution in [1.82, 2.24) is 0 Å². The first-order valence-corrected chi connectivity index (χ1v) is 7.56. The summed E-state index contributed by atoms with van der Waals surface area (Å²) in [4.78, 5) is 0. The van der Waals surface area contributed by atoms with Crippen LogP contribution in [-0.2, 0) is 11.2 Å². The molecule has 0 saturated carbocycles. The van der Waals surface area contributed by atoms with Crippen molar-refractivity contribution >= 4 is 0 Å². The fourth-order valence-electron chi connectivity index (χ4n) is 3.28. The quantitative estimate of drug-likeness (QED) is 0.758. The predicted molar refractivity (Wildman–Crippen MR) is 75.9 cm³/mol. The fraction of sp³-hybridized carbons (Fsp3) is 0.625. The van der Waals surface area contributed by atoms with Gasteiger partial charge in [-0.3, -0.25) is 0 Å². The van der Waals surface area contributed by atoms with E-state index in [9.17, 15) is 10.2 Å². The molecule has 3 N–H and O–H groups in total. The van der Waals surface area contributed by atoms with Crippen molar-refractivity contribution in [2.24, 2.45) is 0 Å². The average molecular weight is 294 g/mol. The van der Waals surface area contributed by atoms with Crippen LogP contribution in [0.3, 0.4) is 0 Å². The molecule has 1 saturated heterocycles. The second kappa shape index (κ2) is 5.93. The molecule has 2 aliphatic rings. The predicted octanol–water partition coefficient (Wildman–Crippen LogP) is 0.991. The van der Waals surface area contributed by atoms with Gasteiger partial charge in [0.1, 0.15) is 11.9 Å². The highest BCUT2D eigenvalue weighted by Gasteiger charge is 2.51. The Hall–Kier alpha value is -1.14. The number of rotatable bonds is 2. The highest BCUT2D eigenvalue weighted by atomic mass is 16.7. The van der Waals surface area contributed by atoms with Crippen molar-refractivity contribution in [2.75, 3.05) is 6.61 Å². The van der Waals surface area contributed by atoms with Gasteiger partial charge in [-0.1, -0.05) is 18.2 Å². The molecule has 0 bridgehead atoms. The van der Waals surface area contributed by atoms with E-state index in [0.717, 1.165) is 18.4 Å². The van der Waals surface area contributed by atoms with E-state index in [1.807, 2.05) is 24.3 Å². The van der Waals surface area contributed by atoms with Gasteiger partial charge in [0, 0.05) is 19.4 Å². The van der Waals surface area contributed by atoms with Gasteiger partial charge in [0.15, 0.2) is 0 Å². The first-order valence-electron chi connectivity index (χ1n) is 7.56. The zero-order valence-corrected chi connectivity index (χ0v) is 11.9. The van der Waals surface area contributed by atoms with E-state index in [4.69, 9.17) is 14.6 Å². The SMILES string of the molecule is OCCC1CC(O)C(O)[C@]2(CCCc3ccccc3O2)O1. The third-order valence-electron chi connectivity index (χ3n) is 4.36. The Labute approximate surface area is 124 Å². The summed E-state index contributed by atoms with van der Waals surface area (Å²) in [6.07, 6.45) is 0.631. The molecular formula is C16H22O5. The Kier molecular flexibility index (Phi) is 4.17. The van der Waals surface area contributed by atoms with E-state index in [0.29, 0.717) is 25.0 Å². The molecule has 21 heavy (non-hydrogen) atoms. The molecule has 1 aromatic carbocycles. The van der Waals surface area contributed by atoms with Crippen molar-refractivity contribution < 1.29 is 24.8 Å². The number of hydrogen-bond acceptors (Lipinski definition) is 5. The second-order valence-corrected chi connectivity index (χ2v) is 5.88. The second-order valence-electron chi connectivity index (χ2n) is 5.88. The van der Waals surface area contributed by atoms with E-state index in [2.05, 4.69) is 0 Å².